The SMILES string of the molecule is CCC(NCc1cc(F)cc(C(F)(F)F)c1)c1ncc[nH]1. The number of aromatic nitrogens is 2. The van der Waals surface area contributed by atoms with E-state index in [2.05, 4.69) is 15.3 Å². The van der Waals surface area contributed by atoms with Crippen LogP contribution in [0.1, 0.15) is 36.3 Å². The van der Waals surface area contributed by atoms with Gasteiger partial charge < -0.3 is 10.3 Å². The average Bonchev–Trinajstić information content (AvgIpc) is 2.92. The Morgan fingerprint density at radius 2 is 2.05 bits per heavy atom. The zero-order valence-electron chi connectivity index (χ0n) is 11.3. The topological polar surface area (TPSA) is 40.7 Å². The predicted molar refractivity (Wildman–Crippen MR) is 69.9 cm³/mol. The number of alkyl halides is 3. The van der Waals surface area contributed by atoms with E-state index in [-0.39, 0.29) is 18.2 Å². The normalized spacial score (nSPS) is 13.4. The molecule has 114 valence electrons. The van der Waals surface area contributed by atoms with Crippen molar-refractivity contribution in [3.05, 3.63) is 53.4 Å². The molecule has 0 aliphatic carbocycles. The number of nitrogens with zero attached hydrogens (tertiary/aromatic N) is 1. The maximum atomic E-state index is 13.3. The second-order valence-electron chi connectivity index (χ2n) is 4.66. The lowest BCUT2D eigenvalue weighted by Crippen LogP contribution is -2.21. The molecule has 2 rings (SSSR count). The van der Waals surface area contributed by atoms with Crippen LogP contribution in [0, 0.1) is 5.82 Å². The van der Waals surface area contributed by atoms with Gasteiger partial charge >= 0.3 is 6.18 Å². The number of aromatic amines is 1. The highest BCUT2D eigenvalue weighted by Crippen LogP contribution is 2.30. The largest absolute Gasteiger partial charge is 0.416 e. The molecule has 0 radical (unpaired) electrons. The van der Waals surface area contributed by atoms with Crippen molar-refractivity contribution in [3.63, 3.8) is 0 Å². The monoisotopic (exact) mass is 301 g/mol. The van der Waals surface area contributed by atoms with Crippen LogP contribution >= 0.6 is 0 Å². The Kier molecular flexibility index (Phi) is 4.62. The van der Waals surface area contributed by atoms with Crippen molar-refractivity contribution >= 4 is 0 Å². The van der Waals surface area contributed by atoms with E-state index >= 15 is 0 Å². The highest BCUT2D eigenvalue weighted by Gasteiger charge is 2.31. The molecule has 1 aromatic carbocycles. The highest BCUT2D eigenvalue weighted by molar-refractivity contribution is 5.26. The molecule has 3 nitrogen and oxygen atoms in total. The minimum Gasteiger partial charge on any atom is -0.347 e. The highest BCUT2D eigenvalue weighted by atomic mass is 19.4. The van der Waals surface area contributed by atoms with Crippen molar-refractivity contribution in [1.29, 1.82) is 0 Å². The summed E-state index contributed by atoms with van der Waals surface area (Å²) in [7, 11) is 0. The van der Waals surface area contributed by atoms with Gasteiger partial charge in [0.25, 0.3) is 0 Å². The van der Waals surface area contributed by atoms with Gasteiger partial charge in [-0.3, -0.25) is 0 Å². The summed E-state index contributed by atoms with van der Waals surface area (Å²) in [5.74, 6) is -0.197. The van der Waals surface area contributed by atoms with E-state index in [0.29, 0.717) is 18.3 Å². The zero-order chi connectivity index (χ0) is 15.5. The Balaban J connectivity index is 2.11. The molecule has 0 aliphatic heterocycles. The van der Waals surface area contributed by atoms with Gasteiger partial charge in [0.1, 0.15) is 11.6 Å². The fraction of sp³-hybridized carbons (Fsp3) is 0.357. The molecule has 1 unspecified atom stereocenters. The van der Waals surface area contributed by atoms with Gasteiger partial charge in [0.2, 0.25) is 0 Å². The maximum Gasteiger partial charge on any atom is 0.416 e. The van der Waals surface area contributed by atoms with Crippen LogP contribution in [0.15, 0.2) is 30.6 Å². The van der Waals surface area contributed by atoms with Crippen LogP contribution in [0.5, 0.6) is 0 Å². The molecular formula is C14H15F4N3. The summed E-state index contributed by atoms with van der Waals surface area (Å²) < 4.78 is 51.2. The summed E-state index contributed by atoms with van der Waals surface area (Å²) >= 11 is 0. The first-order valence-corrected chi connectivity index (χ1v) is 6.49. The van der Waals surface area contributed by atoms with Crippen LogP contribution in [-0.4, -0.2) is 9.97 Å². The van der Waals surface area contributed by atoms with Crippen LogP contribution in [-0.2, 0) is 12.7 Å². The fourth-order valence-corrected chi connectivity index (χ4v) is 2.06. The van der Waals surface area contributed by atoms with Crippen molar-refractivity contribution in [3.8, 4) is 0 Å². The van der Waals surface area contributed by atoms with Gasteiger partial charge in [-0.25, -0.2) is 9.37 Å². The van der Waals surface area contributed by atoms with Gasteiger partial charge in [-0.15, -0.1) is 0 Å². The van der Waals surface area contributed by atoms with E-state index < -0.39 is 17.6 Å². The van der Waals surface area contributed by atoms with E-state index in [1.54, 1.807) is 12.4 Å². The Morgan fingerprint density at radius 3 is 2.62 bits per heavy atom. The molecule has 1 atom stereocenters. The molecule has 0 bridgehead atoms. The first-order valence-electron chi connectivity index (χ1n) is 6.49. The summed E-state index contributed by atoms with van der Waals surface area (Å²) in [5.41, 5.74) is -0.738. The van der Waals surface area contributed by atoms with Crippen molar-refractivity contribution in [2.45, 2.75) is 32.1 Å². The number of rotatable bonds is 5. The summed E-state index contributed by atoms with van der Waals surface area (Å²) in [6.07, 6.45) is -0.579. The number of H-pyrrole nitrogens is 1. The Bertz CT molecular complexity index is 578. The second kappa shape index (κ2) is 6.26. The van der Waals surface area contributed by atoms with Gasteiger partial charge in [-0.05, 0) is 30.2 Å². The predicted octanol–water partition coefficient (Wildman–Crippen LogP) is 3.81. The summed E-state index contributed by atoms with van der Waals surface area (Å²) in [6, 6.07) is 2.41. The Labute approximate surface area is 119 Å². The second-order valence-corrected chi connectivity index (χ2v) is 4.66. The number of benzene rings is 1. The molecule has 0 saturated carbocycles. The first-order chi connectivity index (χ1) is 9.90. The molecule has 2 N–H and O–H groups in total. The third-order valence-electron chi connectivity index (χ3n) is 3.10. The van der Waals surface area contributed by atoms with Crippen molar-refractivity contribution in [1.82, 2.24) is 15.3 Å². The molecular weight excluding hydrogens is 286 g/mol. The molecule has 0 spiro atoms. The van der Waals surface area contributed by atoms with E-state index in [1.807, 2.05) is 6.92 Å². The lowest BCUT2D eigenvalue weighted by atomic mass is 10.1. The molecule has 21 heavy (non-hydrogen) atoms. The quantitative estimate of drug-likeness (QED) is 0.825. The molecule has 7 heteroatoms. The molecule has 1 aromatic heterocycles. The van der Waals surface area contributed by atoms with E-state index in [9.17, 15) is 17.6 Å². The molecule has 2 aromatic rings. The molecule has 0 aliphatic rings. The number of imidazole rings is 1. The van der Waals surface area contributed by atoms with Crippen molar-refractivity contribution in [2.75, 3.05) is 0 Å². The lowest BCUT2D eigenvalue weighted by Gasteiger charge is -2.15. The molecule has 0 amide bonds. The van der Waals surface area contributed by atoms with Crippen LogP contribution in [0.25, 0.3) is 0 Å². The minimum absolute atomic E-state index is 0.125. The molecule has 1 heterocycles. The Hall–Kier alpha value is -1.89. The number of nitrogens with one attached hydrogen (secondary N) is 2. The smallest absolute Gasteiger partial charge is 0.347 e. The molecule has 0 saturated heterocycles. The standard InChI is InChI=1S/C14H15F4N3/c1-2-12(13-19-3-4-20-13)21-8-9-5-10(14(16,17)18)7-11(15)6-9/h3-7,12,21H,2,8H2,1H3,(H,19,20). The fourth-order valence-electron chi connectivity index (χ4n) is 2.06. The van der Waals surface area contributed by atoms with Crippen LogP contribution in [0.2, 0.25) is 0 Å². The summed E-state index contributed by atoms with van der Waals surface area (Å²) in [5, 5.41) is 3.07. The van der Waals surface area contributed by atoms with E-state index in [0.717, 1.165) is 12.1 Å². The van der Waals surface area contributed by atoms with Gasteiger partial charge in [0.15, 0.2) is 0 Å². The third-order valence-corrected chi connectivity index (χ3v) is 3.10. The van der Waals surface area contributed by atoms with Crippen LogP contribution < -0.4 is 5.32 Å². The van der Waals surface area contributed by atoms with Crippen LogP contribution in [0.4, 0.5) is 17.6 Å². The zero-order valence-corrected chi connectivity index (χ0v) is 11.3. The van der Waals surface area contributed by atoms with Gasteiger partial charge in [-0.2, -0.15) is 13.2 Å². The minimum atomic E-state index is -4.55. The van der Waals surface area contributed by atoms with Crippen molar-refractivity contribution in [2.24, 2.45) is 0 Å². The third kappa shape index (κ3) is 4.04. The van der Waals surface area contributed by atoms with Gasteiger partial charge in [0, 0.05) is 18.9 Å². The van der Waals surface area contributed by atoms with Gasteiger partial charge in [0.05, 0.1) is 11.6 Å². The van der Waals surface area contributed by atoms with E-state index in [4.69, 9.17) is 0 Å². The lowest BCUT2D eigenvalue weighted by molar-refractivity contribution is -0.137. The molecule has 0 fully saturated rings. The Morgan fingerprint density at radius 1 is 1.29 bits per heavy atom. The number of hydrogen-bond donors (Lipinski definition) is 2. The summed E-state index contributed by atoms with van der Waals surface area (Å²) in [4.78, 5) is 7.05. The van der Waals surface area contributed by atoms with Gasteiger partial charge in [-0.1, -0.05) is 6.92 Å². The number of hydrogen-bond acceptors (Lipinski definition) is 2. The van der Waals surface area contributed by atoms with E-state index in [1.165, 1.54) is 0 Å². The maximum absolute atomic E-state index is 13.3. The number of halogens is 4. The van der Waals surface area contributed by atoms with Crippen molar-refractivity contribution < 1.29 is 17.6 Å². The van der Waals surface area contributed by atoms with Crippen LogP contribution in [0.3, 0.4) is 0 Å². The average molecular weight is 301 g/mol. The summed E-state index contributed by atoms with van der Waals surface area (Å²) in [6.45, 7) is 2.05. The first kappa shape index (κ1) is 15.5.